The molecular formula is C63H88N18O18. The van der Waals surface area contributed by atoms with Crippen LogP contribution in [0, 0.1) is 5.92 Å². The second kappa shape index (κ2) is 37.0. The van der Waals surface area contributed by atoms with Crippen LogP contribution in [0.5, 0.6) is 5.75 Å². The maximum Gasteiger partial charge on any atom is 0.344 e. The second-order valence-corrected chi connectivity index (χ2v) is 25.0. The molecule has 4 aromatic rings. The van der Waals surface area contributed by atoms with Gasteiger partial charge in [-0.2, -0.15) is 0 Å². The molecule has 36 nitrogen and oxygen atoms in total. The van der Waals surface area contributed by atoms with Gasteiger partial charge < -0.3 is 99.0 Å². The van der Waals surface area contributed by atoms with Crippen LogP contribution in [0.15, 0.2) is 72.2 Å². The standard InChI is InChI=1S/C63H88N18O18/c1-33(2)22-42(53(88)72-41(12-8-20-68-61(64)65)60(95)81-21-9-13-48(81)59(94)79-80-62(66)96)73-58(93)47(30-99-63(3,4)5)78-54(89)43(23-34-14-16-37(83)17-15-34)74-57(92)46(29-97-51(86)31-98-50(85)28-82)77-55(90)44(24-35-26-69-39-11-7-6-10-38(35)39)75-56(91)45(25-36-27-67-32-70-36)76-52(87)40-18-19-49(84)71-40/h6-7,10-11,14-17,26-27,32-33,40-48,69,82-83H,8-9,12-13,18-25,28-31H2,1-5H3,(H,67,70)(H,71,84)(H,72,88)(H,73,93)(H,74,92)(H,75,91)(H,76,87)(H,77,90)(H,78,89)(H,79,94)(H4,64,65,68)(H3,66,80,96)/t40-,41-,42-,43-,44-,45-,46-,47+,48-/m0/s1. The summed E-state index contributed by atoms with van der Waals surface area (Å²) in [5, 5.41) is 41.1. The Labute approximate surface area is 568 Å². The molecule has 9 atom stereocenters. The third-order valence-corrected chi connectivity index (χ3v) is 15.6. The number of carbonyl (C=O) groups excluding carboxylic acids is 13. The first-order chi connectivity index (χ1) is 47.0. The van der Waals surface area contributed by atoms with Gasteiger partial charge in [-0.05, 0) is 94.5 Å². The summed E-state index contributed by atoms with van der Waals surface area (Å²) < 4.78 is 16.1. The van der Waals surface area contributed by atoms with Crippen molar-refractivity contribution in [3.63, 3.8) is 0 Å². The maximum absolute atomic E-state index is 15.0. The molecule has 0 aliphatic carbocycles. The first-order valence-electron chi connectivity index (χ1n) is 32.0. The van der Waals surface area contributed by atoms with Crippen molar-refractivity contribution >= 4 is 93.9 Å². The maximum atomic E-state index is 15.0. The summed E-state index contributed by atoms with van der Waals surface area (Å²) in [4.78, 5) is 194. The highest BCUT2D eigenvalue weighted by molar-refractivity contribution is 6.00. The first-order valence-corrected chi connectivity index (χ1v) is 32.0. The lowest BCUT2D eigenvalue weighted by molar-refractivity contribution is -0.161. The number of carbonyl (C=O) groups is 13. The zero-order valence-corrected chi connectivity index (χ0v) is 55.4. The number of rotatable bonds is 35. The van der Waals surface area contributed by atoms with E-state index in [0.717, 1.165) is 0 Å². The number of primary amides is 1. The third kappa shape index (κ3) is 24.9. The van der Waals surface area contributed by atoms with E-state index in [1.54, 1.807) is 65.1 Å². The Bertz CT molecular complexity index is 3540. The van der Waals surface area contributed by atoms with Gasteiger partial charge >= 0.3 is 18.0 Å². The van der Waals surface area contributed by atoms with Crippen molar-refractivity contribution in [2.24, 2.45) is 28.1 Å². The van der Waals surface area contributed by atoms with Gasteiger partial charge in [-0.3, -0.25) is 58.4 Å². The van der Waals surface area contributed by atoms with Gasteiger partial charge in [0.05, 0.1) is 18.5 Å². The summed E-state index contributed by atoms with van der Waals surface area (Å²) in [5.74, 6) is -11.9. The summed E-state index contributed by atoms with van der Waals surface area (Å²) in [6.07, 6.45) is 4.24. The molecule has 0 saturated carbocycles. The number of ether oxygens (including phenoxy) is 3. The van der Waals surface area contributed by atoms with Crippen molar-refractivity contribution in [3.05, 3.63) is 84.1 Å². The molecule has 6 rings (SSSR count). The SMILES string of the molecule is CC(C)C[C@H](NC(=O)[C@@H](COC(C)(C)C)NC(=O)[C@H](Cc1ccc(O)cc1)NC(=O)[C@H](COC(=O)COC(=O)CO)NC(=O)[C@H](Cc1c[nH]c2ccccc12)NC(=O)[C@H](Cc1cnc[nH]1)NC(=O)[C@@H]1CCC(=O)N1)C(=O)N[C@@H](CCCN=C(N)N)C(=O)N1CCC[C@H]1C(=O)NNC(N)=O. The lowest BCUT2D eigenvalue weighted by Gasteiger charge is -2.31. The minimum Gasteiger partial charge on any atom is -0.508 e. The fourth-order valence-corrected chi connectivity index (χ4v) is 10.6. The van der Waals surface area contributed by atoms with E-state index in [1.165, 1.54) is 41.7 Å². The van der Waals surface area contributed by atoms with Gasteiger partial charge in [-0.25, -0.2) is 24.8 Å². The van der Waals surface area contributed by atoms with Crippen molar-refractivity contribution in [2.45, 2.75) is 159 Å². The van der Waals surface area contributed by atoms with E-state index < -0.39 is 164 Å². The number of likely N-dealkylation sites (tertiary alicyclic amines) is 1. The van der Waals surface area contributed by atoms with E-state index in [0.29, 0.717) is 34.1 Å². The summed E-state index contributed by atoms with van der Waals surface area (Å²) in [6.45, 7) is 4.81. The predicted molar refractivity (Wildman–Crippen MR) is 350 cm³/mol. The molecule has 2 aromatic heterocycles. The molecule has 0 radical (unpaired) electrons. The number of benzene rings is 2. The number of hydrazine groups is 1. The van der Waals surface area contributed by atoms with E-state index in [9.17, 15) is 58.2 Å². The first kappa shape index (κ1) is 77.1. The number of guanidine groups is 1. The van der Waals surface area contributed by atoms with Gasteiger partial charge in [0.2, 0.25) is 53.2 Å². The number of aliphatic hydroxyl groups is 1. The Hall–Kier alpha value is -10.9. The van der Waals surface area contributed by atoms with Crippen LogP contribution in [0.2, 0.25) is 0 Å². The number of nitrogens with zero attached hydrogens (tertiary/aromatic N) is 3. The van der Waals surface area contributed by atoms with Crippen LogP contribution >= 0.6 is 0 Å². The number of aromatic amines is 2. The van der Waals surface area contributed by atoms with Crippen molar-refractivity contribution in [1.82, 2.24) is 73.2 Å². The number of hydrogen-bond donors (Lipinski definition) is 17. The Balaban J connectivity index is 1.32. The van der Waals surface area contributed by atoms with Crippen molar-refractivity contribution < 1.29 is 86.8 Å². The molecular weight excluding hydrogens is 1300 g/mol. The highest BCUT2D eigenvalue weighted by atomic mass is 16.6. The van der Waals surface area contributed by atoms with Crippen LogP contribution in [0.1, 0.15) is 96.4 Å². The number of para-hydroxylation sites is 1. The fourth-order valence-electron chi connectivity index (χ4n) is 10.6. The number of aliphatic hydroxyl groups excluding tert-OH is 1. The fraction of sp³-hybridized carbons (Fsp3) is 0.508. The van der Waals surface area contributed by atoms with Gasteiger partial charge in [0.15, 0.2) is 12.6 Å². The quantitative estimate of drug-likeness (QED) is 0.00686. The summed E-state index contributed by atoms with van der Waals surface area (Å²) in [5.41, 5.74) is 21.2. The number of amides is 12. The van der Waals surface area contributed by atoms with E-state index in [-0.39, 0.29) is 88.0 Å². The van der Waals surface area contributed by atoms with Gasteiger partial charge in [0.1, 0.15) is 73.3 Å². The summed E-state index contributed by atoms with van der Waals surface area (Å²) >= 11 is 0. The van der Waals surface area contributed by atoms with Crippen LogP contribution in [-0.2, 0) is 91.0 Å². The molecule has 538 valence electrons. The van der Waals surface area contributed by atoms with Crippen LogP contribution < -0.4 is 70.6 Å². The molecule has 4 heterocycles. The van der Waals surface area contributed by atoms with Crippen molar-refractivity contribution in [2.75, 3.05) is 39.5 Å². The highest BCUT2D eigenvalue weighted by Crippen LogP contribution is 2.23. The van der Waals surface area contributed by atoms with E-state index in [1.807, 2.05) is 5.43 Å². The number of aromatic hydroxyl groups is 1. The Morgan fingerprint density at radius 2 is 1.30 bits per heavy atom. The number of aliphatic imine (C=N–C) groups is 1. The molecule has 0 bridgehead atoms. The Morgan fingerprint density at radius 1 is 0.697 bits per heavy atom. The monoisotopic (exact) mass is 1380 g/mol. The average Bonchev–Trinajstić information content (AvgIpc) is 1.74. The number of urea groups is 1. The average molecular weight is 1390 g/mol. The minimum atomic E-state index is -1.99. The van der Waals surface area contributed by atoms with Gasteiger partial charge in [0.25, 0.3) is 5.91 Å². The zero-order chi connectivity index (χ0) is 72.5. The lowest BCUT2D eigenvalue weighted by atomic mass is 10.0. The number of hydrogen-bond acceptors (Lipinski definition) is 20. The second-order valence-electron chi connectivity index (χ2n) is 25.0. The molecule has 20 N–H and O–H groups in total. The number of aromatic nitrogens is 3. The van der Waals surface area contributed by atoms with Crippen LogP contribution in [0.25, 0.3) is 10.9 Å². The molecule has 2 saturated heterocycles. The molecule has 99 heavy (non-hydrogen) atoms. The van der Waals surface area contributed by atoms with Gasteiger partial charge in [0, 0.05) is 67.8 Å². The minimum absolute atomic E-state index is 0.0348. The number of nitrogens with two attached hydrogens (primary N) is 3. The smallest absolute Gasteiger partial charge is 0.344 e. The molecule has 0 unspecified atom stereocenters. The van der Waals surface area contributed by atoms with Crippen LogP contribution in [0.4, 0.5) is 4.79 Å². The molecule has 2 fully saturated rings. The van der Waals surface area contributed by atoms with Crippen molar-refractivity contribution in [1.29, 1.82) is 0 Å². The lowest BCUT2D eigenvalue weighted by Crippen LogP contribution is -2.62. The van der Waals surface area contributed by atoms with Crippen LogP contribution in [-0.4, -0.2) is 213 Å². The molecule has 2 aliphatic heterocycles. The number of fused-ring (bicyclic) bond motifs is 1. The van der Waals surface area contributed by atoms with Gasteiger partial charge in [-0.1, -0.05) is 44.2 Å². The topological polar surface area (TPSA) is 548 Å². The third-order valence-electron chi connectivity index (χ3n) is 15.6. The molecule has 36 heteroatoms. The van der Waals surface area contributed by atoms with Gasteiger partial charge in [-0.15, -0.1) is 0 Å². The van der Waals surface area contributed by atoms with E-state index in [2.05, 4.69) is 67.9 Å². The molecule has 2 aromatic carbocycles. The van der Waals surface area contributed by atoms with Crippen LogP contribution in [0.3, 0.4) is 0 Å². The Morgan fingerprint density at radius 3 is 1.91 bits per heavy atom. The number of imidazole rings is 1. The number of esters is 2. The number of nitrogens with one attached hydrogen (secondary N) is 12. The van der Waals surface area contributed by atoms with Crippen molar-refractivity contribution in [3.8, 4) is 5.75 Å². The normalized spacial score (nSPS) is 16.4. The van der Waals surface area contributed by atoms with E-state index in [4.69, 9.17) is 31.4 Å². The molecule has 12 amide bonds. The number of H-pyrrole nitrogens is 2. The largest absolute Gasteiger partial charge is 0.508 e. The highest BCUT2D eigenvalue weighted by Gasteiger charge is 2.41. The predicted octanol–water partition coefficient (Wildman–Crippen LogP) is -4.02. The number of phenolic OH excluding ortho intramolecular Hbond substituents is 1. The number of phenols is 1. The molecule has 2 aliphatic rings. The Kier molecular flexibility index (Phi) is 28.8. The summed E-state index contributed by atoms with van der Waals surface area (Å²) in [6, 6.07) is -1.94. The molecule has 0 spiro atoms. The summed E-state index contributed by atoms with van der Waals surface area (Å²) in [7, 11) is 0. The zero-order valence-electron chi connectivity index (χ0n) is 55.4. The van der Waals surface area contributed by atoms with E-state index >= 15 is 14.4 Å².